The zero-order chi connectivity index (χ0) is 23.5. The molecule has 0 spiro atoms. The molecular weight excluding hydrogens is 498 g/mol. The van der Waals surface area contributed by atoms with Gasteiger partial charge in [0.15, 0.2) is 5.70 Å². The Morgan fingerprint density at radius 2 is 1.73 bits per heavy atom. The minimum Gasteiger partial charge on any atom is -0.450 e. The number of hydrogen-bond acceptors (Lipinski definition) is 8. The van der Waals surface area contributed by atoms with Gasteiger partial charge in [-0.3, -0.25) is 20.2 Å². The number of hydrogen-bond donors (Lipinski definition) is 0. The fraction of sp³-hybridized carbons (Fsp3) is 0. The van der Waals surface area contributed by atoms with Crippen LogP contribution in [-0.4, -0.2) is 21.7 Å². The lowest BCUT2D eigenvalue weighted by molar-refractivity contribution is -0.394. The van der Waals surface area contributed by atoms with Crippen LogP contribution in [-0.2, 0) is 9.53 Å². The van der Waals surface area contributed by atoms with E-state index in [1.165, 1.54) is 6.08 Å². The standard InChI is InChI=1S/C22H12BrN3O7/c23-15-6-4-14(5-7-15)21-24-18(22(27)33-21)11-13-2-1-3-17(10-13)32-20-9-8-16(25(28)29)12-19(20)26(30)31/h1-12H/b18-11-. The summed E-state index contributed by atoms with van der Waals surface area (Å²) in [4.78, 5) is 37.2. The van der Waals surface area contributed by atoms with Gasteiger partial charge >= 0.3 is 11.7 Å². The number of nitrogens with zero attached hydrogens (tertiary/aromatic N) is 3. The van der Waals surface area contributed by atoms with Crippen molar-refractivity contribution in [2.75, 3.05) is 0 Å². The van der Waals surface area contributed by atoms with E-state index in [0.29, 0.717) is 11.1 Å². The highest BCUT2D eigenvalue weighted by Gasteiger charge is 2.24. The summed E-state index contributed by atoms with van der Waals surface area (Å²) < 4.78 is 11.7. The molecule has 3 aromatic rings. The molecule has 0 fully saturated rings. The average molecular weight is 510 g/mol. The Balaban J connectivity index is 1.61. The summed E-state index contributed by atoms with van der Waals surface area (Å²) in [7, 11) is 0. The minimum absolute atomic E-state index is 0.0754. The number of aliphatic imine (C=N–C) groups is 1. The van der Waals surface area contributed by atoms with Crippen molar-refractivity contribution in [2.45, 2.75) is 0 Å². The van der Waals surface area contributed by atoms with Crippen molar-refractivity contribution < 1.29 is 24.1 Å². The van der Waals surface area contributed by atoms with E-state index < -0.39 is 27.2 Å². The molecule has 0 amide bonds. The van der Waals surface area contributed by atoms with E-state index in [1.807, 2.05) is 0 Å². The van der Waals surface area contributed by atoms with E-state index >= 15 is 0 Å². The van der Waals surface area contributed by atoms with Crippen molar-refractivity contribution in [1.82, 2.24) is 0 Å². The van der Waals surface area contributed by atoms with Gasteiger partial charge in [0.2, 0.25) is 11.6 Å². The molecule has 0 radical (unpaired) electrons. The molecule has 0 bridgehead atoms. The first-order valence-electron chi connectivity index (χ1n) is 9.29. The van der Waals surface area contributed by atoms with Crippen molar-refractivity contribution in [3.8, 4) is 11.5 Å². The Morgan fingerprint density at radius 1 is 0.970 bits per heavy atom. The molecule has 4 rings (SSSR count). The third-order valence-corrected chi connectivity index (χ3v) is 4.98. The van der Waals surface area contributed by atoms with Gasteiger partial charge < -0.3 is 9.47 Å². The zero-order valence-corrected chi connectivity index (χ0v) is 18.1. The molecule has 1 heterocycles. The Morgan fingerprint density at radius 3 is 2.42 bits per heavy atom. The van der Waals surface area contributed by atoms with Crippen LogP contribution in [0.5, 0.6) is 11.5 Å². The second-order valence-electron chi connectivity index (χ2n) is 6.68. The maximum atomic E-state index is 12.2. The van der Waals surface area contributed by atoms with Gasteiger partial charge in [0.25, 0.3) is 5.69 Å². The number of cyclic esters (lactones) is 1. The molecule has 0 aliphatic carbocycles. The Kier molecular flexibility index (Phi) is 5.96. The molecule has 33 heavy (non-hydrogen) atoms. The van der Waals surface area contributed by atoms with Crippen molar-refractivity contribution >= 4 is 45.2 Å². The molecular formula is C22H12BrN3O7. The maximum absolute atomic E-state index is 12.2. The molecule has 1 aliphatic rings. The number of esters is 1. The van der Waals surface area contributed by atoms with Crippen molar-refractivity contribution in [3.63, 3.8) is 0 Å². The largest absolute Gasteiger partial charge is 0.450 e. The minimum atomic E-state index is -0.763. The van der Waals surface area contributed by atoms with Crippen molar-refractivity contribution in [1.29, 1.82) is 0 Å². The summed E-state index contributed by atoms with van der Waals surface area (Å²) in [5, 5.41) is 22.2. The van der Waals surface area contributed by atoms with Crippen LogP contribution in [0.15, 0.2) is 81.9 Å². The summed E-state index contributed by atoms with van der Waals surface area (Å²) in [6.45, 7) is 0. The van der Waals surface area contributed by atoms with Crippen LogP contribution in [0, 0.1) is 20.2 Å². The van der Waals surface area contributed by atoms with Crippen LogP contribution in [0.3, 0.4) is 0 Å². The first kappa shape index (κ1) is 21.8. The predicted molar refractivity (Wildman–Crippen MR) is 121 cm³/mol. The van der Waals surface area contributed by atoms with Crippen LogP contribution in [0.2, 0.25) is 0 Å². The summed E-state index contributed by atoms with van der Waals surface area (Å²) in [5.74, 6) is -0.381. The first-order valence-corrected chi connectivity index (χ1v) is 10.1. The number of benzene rings is 3. The highest BCUT2D eigenvalue weighted by Crippen LogP contribution is 2.34. The lowest BCUT2D eigenvalue weighted by atomic mass is 10.2. The van der Waals surface area contributed by atoms with E-state index in [0.717, 1.165) is 22.7 Å². The predicted octanol–water partition coefficient (Wildman–Crippen LogP) is 5.40. The molecule has 11 heteroatoms. The monoisotopic (exact) mass is 509 g/mol. The fourth-order valence-corrected chi connectivity index (χ4v) is 3.19. The van der Waals surface area contributed by atoms with Crippen molar-refractivity contribution in [3.05, 3.63) is 108 Å². The second-order valence-corrected chi connectivity index (χ2v) is 7.60. The number of carbonyl (C=O) groups excluding carboxylic acids is 1. The van der Waals surface area contributed by atoms with Crippen LogP contribution >= 0.6 is 15.9 Å². The molecule has 0 atom stereocenters. The number of non-ortho nitro benzene ring substituents is 1. The molecule has 1 aliphatic heterocycles. The highest BCUT2D eigenvalue weighted by molar-refractivity contribution is 9.10. The van der Waals surface area contributed by atoms with Gasteiger partial charge in [0, 0.05) is 16.1 Å². The number of carbonyl (C=O) groups is 1. The van der Waals surface area contributed by atoms with Gasteiger partial charge in [-0.05, 0) is 54.1 Å². The fourth-order valence-electron chi connectivity index (χ4n) is 2.93. The molecule has 0 N–H and O–H groups in total. The number of ether oxygens (including phenoxy) is 2. The van der Waals surface area contributed by atoms with E-state index in [2.05, 4.69) is 20.9 Å². The highest BCUT2D eigenvalue weighted by atomic mass is 79.9. The summed E-state index contributed by atoms with van der Waals surface area (Å²) in [6.07, 6.45) is 1.49. The third kappa shape index (κ3) is 4.93. The van der Waals surface area contributed by atoms with Crippen LogP contribution < -0.4 is 4.74 Å². The van der Waals surface area contributed by atoms with Gasteiger partial charge in [-0.15, -0.1) is 0 Å². The lowest BCUT2D eigenvalue weighted by Crippen LogP contribution is -2.05. The summed E-state index contributed by atoms with van der Waals surface area (Å²) in [5.41, 5.74) is 0.275. The van der Waals surface area contributed by atoms with Crippen LogP contribution in [0.4, 0.5) is 11.4 Å². The van der Waals surface area contributed by atoms with Gasteiger partial charge in [-0.25, -0.2) is 9.79 Å². The Labute approximate surface area is 194 Å². The Bertz CT molecular complexity index is 1350. The number of nitro groups is 2. The van der Waals surface area contributed by atoms with E-state index in [1.54, 1.807) is 48.5 Å². The quantitative estimate of drug-likeness (QED) is 0.188. The molecule has 0 unspecified atom stereocenters. The third-order valence-electron chi connectivity index (χ3n) is 4.45. The SMILES string of the molecule is O=C1OC(c2ccc(Br)cc2)=N/C1=C\c1cccc(Oc2ccc([N+](=O)[O-])cc2[N+](=O)[O-])c1. The Hall–Kier alpha value is -4.38. The topological polar surface area (TPSA) is 134 Å². The second kappa shape index (κ2) is 9.01. The van der Waals surface area contributed by atoms with Gasteiger partial charge in [0.1, 0.15) is 5.75 Å². The van der Waals surface area contributed by atoms with E-state index in [-0.39, 0.29) is 23.1 Å². The number of nitro benzene ring substituents is 2. The van der Waals surface area contributed by atoms with Crippen LogP contribution in [0.25, 0.3) is 6.08 Å². The first-order chi connectivity index (χ1) is 15.8. The molecule has 164 valence electrons. The van der Waals surface area contributed by atoms with E-state index in [9.17, 15) is 25.0 Å². The number of halogens is 1. The average Bonchev–Trinajstić information content (AvgIpc) is 3.14. The van der Waals surface area contributed by atoms with Gasteiger partial charge in [0.05, 0.1) is 15.9 Å². The molecule has 0 aromatic heterocycles. The zero-order valence-electron chi connectivity index (χ0n) is 16.5. The maximum Gasteiger partial charge on any atom is 0.363 e. The van der Waals surface area contributed by atoms with Crippen LogP contribution in [0.1, 0.15) is 11.1 Å². The van der Waals surface area contributed by atoms with E-state index in [4.69, 9.17) is 9.47 Å². The number of rotatable bonds is 6. The van der Waals surface area contributed by atoms with Gasteiger partial charge in [-0.2, -0.15) is 0 Å². The summed E-state index contributed by atoms with van der Waals surface area (Å²) in [6, 6.07) is 16.6. The molecule has 0 saturated carbocycles. The molecule has 3 aromatic carbocycles. The smallest absolute Gasteiger partial charge is 0.363 e. The summed E-state index contributed by atoms with van der Waals surface area (Å²) >= 11 is 3.34. The molecule has 0 saturated heterocycles. The normalized spacial score (nSPS) is 14.0. The van der Waals surface area contributed by atoms with Gasteiger partial charge in [-0.1, -0.05) is 28.1 Å². The lowest BCUT2D eigenvalue weighted by Gasteiger charge is -2.07. The molecule has 10 nitrogen and oxygen atoms in total. The van der Waals surface area contributed by atoms with Crippen molar-refractivity contribution in [2.24, 2.45) is 4.99 Å².